The van der Waals surface area contributed by atoms with Crippen molar-refractivity contribution in [1.82, 2.24) is 5.16 Å². The molecule has 0 amide bonds. The van der Waals surface area contributed by atoms with Crippen LogP contribution < -0.4 is 4.72 Å². The first-order valence-corrected chi connectivity index (χ1v) is 10.1. The van der Waals surface area contributed by atoms with E-state index in [2.05, 4.69) is 25.8 Å². The van der Waals surface area contributed by atoms with Gasteiger partial charge in [0.2, 0.25) is 0 Å². The SMILES string of the molecule is Cc1ccc(-c2ccc(S(=O)(=O)Nc3noc(C)c3Br)s2)s1. The van der Waals surface area contributed by atoms with Crippen molar-refractivity contribution in [3.05, 3.63) is 39.4 Å². The van der Waals surface area contributed by atoms with Gasteiger partial charge in [-0.15, -0.1) is 22.7 Å². The van der Waals surface area contributed by atoms with Crippen LogP contribution in [0.25, 0.3) is 9.75 Å². The molecule has 0 aliphatic carbocycles. The van der Waals surface area contributed by atoms with Crippen molar-refractivity contribution in [3.8, 4) is 9.75 Å². The number of anilines is 1. The molecule has 9 heteroatoms. The quantitative estimate of drug-likeness (QED) is 0.669. The van der Waals surface area contributed by atoms with E-state index in [-0.39, 0.29) is 10.0 Å². The van der Waals surface area contributed by atoms with Gasteiger partial charge in [-0.1, -0.05) is 5.16 Å². The van der Waals surface area contributed by atoms with Gasteiger partial charge in [0.25, 0.3) is 10.0 Å². The van der Waals surface area contributed by atoms with Crippen molar-refractivity contribution in [2.45, 2.75) is 18.1 Å². The number of nitrogens with one attached hydrogen (secondary N) is 1. The lowest BCUT2D eigenvalue weighted by Crippen LogP contribution is -2.11. The van der Waals surface area contributed by atoms with Crippen LogP contribution in [-0.2, 0) is 10.0 Å². The van der Waals surface area contributed by atoms with E-state index in [1.165, 1.54) is 16.2 Å². The largest absolute Gasteiger partial charge is 0.358 e. The van der Waals surface area contributed by atoms with Crippen LogP contribution in [0, 0.1) is 13.8 Å². The third-order valence-electron chi connectivity index (χ3n) is 2.85. The maximum atomic E-state index is 12.4. The number of halogens is 1. The molecular weight excluding hydrogens is 408 g/mol. The van der Waals surface area contributed by atoms with Gasteiger partial charge in [0.05, 0.1) is 0 Å². The zero-order valence-corrected chi connectivity index (χ0v) is 15.6. The average Bonchev–Trinajstić information content (AvgIpc) is 3.15. The van der Waals surface area contributed by atoms with E-state index in [4.69, 9.17) is 4.52 Å². The van der Waals surface area contributed by atoms with Crippen LogP contribution in [0.4, 0.5) is 5.82 Å². The summed E-state index contributed by atoms with van der Waals surface area (Å²) in [5.41, 5.74) is 0. The normalized spacial score (nSPS) is 11.8. The Morgan fingerprint density at radius 2 is 1.82 bits per heavy atom. The van der Waals surface area contributed by atoms with Crippen molar-refractivity contribution >= 4 is 54.4 Å². The molecule has 0 unspecified atom stereocenters. The molecule has 22 heavy (non-hydrogen) atoms. The third kappa shape index (κ3) is 2.98. The van der Waals surface area contributed by atoms with E-state index in [0.29, 0.717) is 10.2 Å². The van der Waals surface area contributed by atoms with Crippen LogP contribution in [-0.4, -0.2) is 13.6 Å². The Kier molecular flexibility index (Phi) is 4.15. The van der Waals surface area contributed by atoms with E-state index in [9.17, 15) is 8.42 Å². The molecular formula is C13H11BrN2O3S3. The molecule has 0 radical (unpaired) electrons. The van der Waals surface area contributed by atoms with Crippen LogP contribution in [0.3, 0.4) is 0 Å². The molecule has 116 valence electrons. The molecule has 0 fully saturated rings. The number of thiophene rings is 2. The van der Waals surface area contributed by atoms with Gasteiger partial charge in [-0.2, -0.15) is 0 Å². The van der Waals surface area contributed by atoms with Gasteiger partial charge in [-0.3, -0.25) is 4.72 Å². The summed E-state index contributed by atoms with van der Waals surface area (Å²) in [7, 11) is -3.68. The second-order valence-electron chi connectivity index (χ2n) is 4.54. The summed E-state index contributed by atoms with van der Waals surface area (Å²) in [6.07, 6.45) is 0. The minimum absolute atomic E-state index is 0.152. The van der Waals surface area contributed by atoms with Gasteiger partial charge in [0.1, 0.15) is 14.4 Å². The first kappa shape index (κ1) is 15.7. The molecule has 0 bridgehead atoms. The summed E-state index contributed by atoms with van der Waals surface area (Å²) < 4.78 is 32.9. The topological polar surface area (TPSA) is 72.2 Å². The maximum Gasteiger partial charge on any atom is 0.272 e. The second kappa shape index (κ2) is 5.80. The molecule has 5 nitrogen and oxygen atoms in total. The molecule has 3 heterocycles. The highest BCUT2D eigenvalue weighted by Crippen LogP contribution is 2.36. The van der Waals surface area contributed by atoms with E-state index < -0.39 is 10.0 Å². The summed E-state index contributed by atoms with van der Waals surface area (Å²) in [4.78, 5) is 3.17. The number of hydrogen-bond donors (Lipinski definition) is 1. The van der Waals surface area contributed by atoms with Gasteiger partial charge in [-0.05, 0) is 54.0 Å². The van der Waals surface area contributed by atoms with E-state index >= 15 is 0 Å². The standard InChI is InChI=1S/C13H11BrN2O3S3/c1-7-3-4-9(20-7)10-5-6-11(21-10)22(17,18)16-13-12(14)8(2)19-15-13/h3-6H,1-2H3,(H,15,16). The van der Waals surface area contributed by atoms with Gasteiger partial charge in [0, 0.05) is 14.6 Å². The zero-order chi connectivity index (χ0) is 15.9. The van der Waals surface area contributed by atoms with Gasteiger partial charge in [0.15, 0.2) is 5.82 Å². The molecule has 0 aromatic carbocycles. The molecule has 3 aromatic heterocycles. The molecule has 0 saturated heterocycles. The predicted molar refractivity (Wildman–Crippen MR) is 92.1 cm³/mol. The molecule has 1 N–H and O–H groups in total. The van der Waals surface area contributed by atoms with Crippen LogP contribution in [0.2, 0.25) is 0 Å². The maximum absolute atomic E-state index is 12.4. The van der Waals surface area contributed by atoms with Crippen LogP contribution in [0.15, 0.2) is 37.5 Å². The number of nitrogens with zero attached hydrogens (tertiary/aromatic N) is 1. The average molecular weight is 419 g/mol. The molecule has 0 aliphatic heterocycles. The highest BCUT2D eigenvalue weighted by molar-refractivity contribution is 9.10. The Hall–Kier alpha value is -1.16. The second-order valence-corrected chi connectivity index (χ2v) is 9.61. The van der Waals surface area contributed by atoms with E-state index in [0.717, 1.165) is 9.75 Å². The van der Waals surface area contributed by atoms with E-state index in [1.807, 2.05) is 25.1 Å². The number of aryl methyl sites for hydroxylation is 2. The molecule has 0 aliphatic rings. The molecule has 0 spiro atoms. The molecule has 0 saturated carbocycles. The molecule has 3 aromatic rings. The first-order chi connectivity index (χ1) is 10.4. The lowest BCUT2D eigenvalue weighted by atomic mass is 10.4. The Labute approximate surface area is 144 Å². The fourth-order valence-corrected chi connectivity index (χ4v) is 5.41. The summed E-state index contributed by atoms with van der Waals surface area (Å²) >= 11 is 6.10. The monoisotopic (exact) mass is 418 g/mol. The van der Waals surface area contributed by atoms with Crippen LogP contribution in [0.5, 0.6) is 0 Å². The smallest absolute Gasteiger partial charge is 0.272 e. The first-order valence-electron chi connectivity index (χ1n) is 6.18. The Morgan fingerprint density at radius 1 is 1.14 bits per heavy atom. The fourth-order valence-electron chi connectivity index (χ4n) is 1.77. The van der Waals surface area contributed by atoms with Crippen molar-refractivity contribution in [2.24, 2.45) is 0 Å². The minimum atomic E-state index is -3.68. The number of sulfonamides is 1. The summed E-state index contributed by atoms with van der Waals surface area (Å²) in [5.74, 6) is 0.665. The highest BCUT2D eigenvalue weighted by atomic mass is 79.9. The van der Waals surface area contributed by atoms with E-state index in [1.54, 1.807) is 24.3 Å². The number of hydrogen-bond acceptors (Lipinski definition) is 6. The van der Waals surface area contributed by atoms with Gasteiger partial charge < -0.3 is 4.52 Å². The van der Waals surface area contributed by atoms with Gasteiger partial charge in [-0.25, -0.2) is 8.42 Å². The fraction of sp³-hybridized carbons (Fsp3) is 0.154. The number of aromatic nitrogens is 1. The summed E-state index contributed by atoms with van der Waals surface area (Å²) in [5, 5.41) is 3.69. The molecule has 0 atom stereocenters. The highest BCUT2D eigenvalue weighted by Gasteiger charge is 2.21. The third-order valence-corrected chi connectivity index (χ3v) is 7.90. The number of rotatable bonds is 4. The molecule has 3 rings (SSSR count). The Morgan fingerprint density at radius 3 is 2.41 bits per heavy atom. The van der Waals surface area contributed by atoms with Crippen LogP contribution in [0.1, 0.15) is 10.6 Å². The Balaban J connectivity index is 1.90. The van der Waals surface area contributed by atoms with Crippen molar-refractivity contribution < 1.29 is 12.9 Å². The predicted octanol–water partition coefficient (Wildman–Crippen LogP) is 4.64. The zero-order valence-electron chi connectivity index (χ0n) is 11.6. The summed E-state index contributed by atoms with van der Waals surface area (Å²) in [6.45, 7) is 3.71. The summed E-state index contributed by atoms with van der Waals surface area (Å²) in [6, 6.07) is 7.42. The van der Waals surface area contributed by atoms with Gasteiger partial charge >= 0.3 is 0 Å². The minimum Gasteiger partial charge on any atom is -0.358 e. The Bertz CT molecular complexity index is 924. The van der Waals surface area contributed by atoms with Crippen molar-refractivity contribution in [1.29, 1.82) is 0 Å². The lowest BCUT2D eigenvalue weighted by Gasteiger charge is -2.02. The van der Waals surface area contributed by atoms with Crippen molar-refractivity contribution in [2.75, 3.05) is 4.72 Å². The lowest BCUT2D eigenvalue weighted by molar-refractivity contribution is 0.399. The van der Waals surface area contributed by atoms with Crippen molar-refractivity contribution in [3.63, 3.8) is 0 Å². The van der Waals surface area contributed by atoms with Crippen LogP contribution >= 0.6 is 38.6 Å².